The van der Waals surface area contributed by atoms with Gasteiger partial charge in [0, 0.05) is 11.6 Å². The van der Waals surface area contributed by atoms with Crippen LogP contribution < -0.4 is 5.32 Å². The van der Waals surface area contributed by atoms with E-state index in [1.807, 2.05) is 18.2 Å². The molecule has 5 N–H and O–H groups in total. The van der Waals surface area contributed by atoms with Crippen LogP contribution in [-0.2, 0) is 20.6 Å². The summed E-state index contributed by atoms with van der Waals surface area (Å²) in [5.41, 5.74) is 1.08. The Balaban J connectivity index is 1.57. The minimum atomic E-state index is -4.42. The number of benzene rings is 1. The Labute approximate surface area is 203 Å². The number of aliphatic hydroxyl groups excluding tert-OH is 2. The van der Waals surface area contributed by atoms with E-state index in [1.54, 1.807) is 6.07 Å². The van der Waals surface area contributed by atoms with Crippen LogP contribution in [0.2, 0.25) is 10.3 Å². The molecule has 34 heavy (non-hydrogen) atoms. The highest BCUT2D eigenvalue weighted by Gasteiger charge is 2.47. The summed E-state index contributed by atoms with van der Waals surface area (Å²) in [6.07, 6.45) is -5.41. The third-order valence-electron chi connectivity index (χ3n) is 5.32. The Morgan fingerprint density at radius 3 is 2.68 bits per heavy atom. The van der Waals surface area contributed by atoms with Crippen LogP contribution in [0.1, 0.15) is 18.7 Å². The van der Waals surface area contributed by atoms with Gasteiger partial charge in [-0.25, -0.2) is 4.68 Å². The zero-order valence-electron chi connectivity index (χ0n) is 17.7. The van der Waals surface area contributed by atoms with Gasteiger partial charge < -0.3 is 34.8 Å². The van der Waals surface area contributed by atoms with Crippen molar-refractivity contribution in [3.05, 3.63) is 46.3 Å². The smallest absolute Gasteiger partial charge is 0.350 e. The number of rotatable bonds is 8. The summed E-state index contributed by atoms with van der Waals surface area (Å²) < 4.78 is 23.2. The van der Waals surface area contributed by atoms with Crippen molar-refractivity contribution in [3.8, 4) is 0 Å². The zero-order valence-corrected chi connectivity index (χ0v) is 20.1. The van der Waals surface area contributed by atoms with Crippen LogP contribution >= 0.6 is 30.8 Å². The van der Waals surface area contributed by atoms with Crippen LogP contribution in [0.25, 0.3) is 11.0 Å². The highest BCUT2D eigenvalue weighted by atomic mass is 35.5. The number of aromatic nitrogens is 4. The molecule has 0 amide bonds. The van der Waals surface area contributed by atoms with E-state index < -0.39 is 44.6 Å². The van der Waals surface area contributed by atoms with Gasteiger partial charge >= 0.3 is 7.60 Å². The third kappa shape index (κ3) is 5.35. The first-order valence-corrected chi connectivity index (χ1v) is 12.7. The van der Waals surface area contributed by atoms with E-state index in [1.165, 1.54) is 17.8 Å². The quantitative estimate of drug-likeness (QED) is 0.211. The summed E-state index contributed by atoms with van der Waals surface area (Å²) in [7, 11) is -4.42. The van der Waals surface area contributed by atoms with Gasteiger partial charge in [-0.2, -0.15) is 15.1 Å². The SMILES string of the molecule is C[C@H](OCP(=O)(O)O)C1O[C@@H](n2ncc3c(NCc4ccccc4Cl)nc(Cl)nc32)[C@H](O)[C@@H]1O. The summed E-state index contributed by atoms with van der Waals surface area (Å²) in [4.78, 5) is 26.4. The highest BCUT2D eigenvalue weighted by Crippen LogP contribution is 2.38. The van der Waals surface area contributed by atoms with Crippen molar-refractivity contribution in [2.75, 3.05) is 11.7 Å². The molecule has 5 atom stereocenters. The summed E-state index contributed by atoms with van der Waals surface area (Å²) in [5.74, 6) is 0.379. The van der Waals surface area contributed by atoms with Crippen LogP contribution in [0.5, 0.6) is 0 Å². The molecular formula is C19H22Cl2N5O7P. The summed E-state index contributed by atoms with van der Waals surface area (Å²) in [6, 6.07) is 7.31. The van der Waals surface area contributed by atoms with Crippen LogP contribution in [0.15, 0.2) is 30.5 Å². The topological polar surface area (TPSA) is 172 Å². The number of anilines is 1. The molecule has 4 rings (SSSR count). The lowest BCUT2D eigenvalue weighted by Crippen LogP contribution is -2.38. The van der Waals surface area contributed by atoms with E-state index in [0.717, 1.165) is 5.56 Å². The van der Waals surface area contributed by atoms with Gasteiger partial charge in [0.05, 0.1) is 17.7 Å². The molecule has 1 aliphatic heterocycles. The van der Waals surface area contributed by atoms with Gasteiger partial charge in [0.25, 0.3) is 0 Å². The van der Waals surface area contributed by atoms with Gasteiger partial charge in [-0.1, -0.05) is 29.8 Å². The molecule has 0 bridgehead atoms. The molecule has 1 saturated heterocycles. The average Bonchev–Trinajstić information content (AvgIpc) is 3.32. The number of halogens is 2. The van der Waals surface area contributed by atoms with E-state index >= 15 is 0 Å². The van der Waals surface area contributed by atoms with Crippen LogP contribution in [0.4, 0.5) is 5.82 Å². The molecule has 1 unspecified atom stereocenters. The molecule has 0 saturated carbocycles. The summed E-state index contributed by atoms with van der Waals surface area (Å²) in [6.45, 7) is 1.82. The first-order chi connectivity index (χ1) is 16.0. The number of hydrogen-bond donors (Lipinski definition) is 5. The van der Waals surface area contributed by atoms with Crippen LogP contribution in [0.3, 0.4) is 0 Å². The van der Waals surface area contributed by atoms with Gasteiger partial charge in [0.15, 0.2) is 11.9 Å². The highest BCUT2D eigenvalue weighted by molar-refractivity contribution is 7.51. The molecule has 3 aromatic rings. The second-order valence-electron chi connectivity index (χ2n) is 7.75. The number of aliphatic hydroxyl groups is 2. The average molecular weight is 534 g/mol. The molecule has 12 nitrogen and oxygen atoms in total. The first kappa shape index (κ1) is 25.2. The molecule has 1 aromatic carbocycles. The lowest BCUT2D eigenvalue weighted by atomic mass is 10.1. The molecule has 3 heterocycles. The van der Waals surface area contributed by atoms with Gasteiger partial charge in [-0.05, 0) is 30.2 Å². The van der Waals surface area contributed by atoms with E-state index in [4.69, 9.17) is 42.5 Å². The fraction of sp³-hybridized carbons (Fsp3) is 0.421. The second kappa shape index (κ2) is 10.0. The van der Waals surface area contributed by atoms with Crippen LogP contribution in [0, 0.1) is 0 Å². The van der Waals surface area contributed by atoms with Crippen molar-refractivity contribution in [1.29, 1.82) is 0 Å². The molecule has 2 aromatic heterocycles. The van der Waals surface area contributed by atoms with Crippen molar-refractivity contribution >= 4 is 47.6 Å². The summed E-state index contributed by atoms with van der Waals surface area (Å²) in [5, 5.41) is 29.4. The van der Waals surface area contributed by atoms with E-state index in [0.29, 0.717) is 22.8 Å². The standard InChI is InChI=1S/C19H22Cl2N5O7P/c1-9(32-8-34(29,30)31)15-13(27)14(28)18(33-15)26-17-11(7-23-26)16(24-19(21)25-17)22-6-10-4-2-3-5-12(10)20/h2-5,7,9,13-15,18,27-28H,6,8H2,1H3,(H,22,24,25)(H2,29,30,31)/t9-,13-,14+,15?,18+/m0/s1. The predicted octanol–water partition coefficient (Wildman–Crippen LogP) is 1.90. The van der Waals surface area contributed by atoms with Crippen molar-refractivity contribution in [2.24, 2.45) is 0 Å². The maximum Gasteiger partial charge on any atom is 0.350 e. The molecule has 0 spiro atoms. The summed E-state index contributed by atoms with van der Waals surface area (Å²) >= 11 is 12.3. The van der Waals surface area contributed by atoms with Crippen LogP contribution in [-0.4, -0.2) is 70.5 Å². The Bertz CT molecular complexity index is 1220. The first-order valence-electron chi connectivity index (χ1n) is 10.1. The normalized spacial score (nSPS) is 24.0. The monoisotopic (exact) mass is 533 g/mol. The molecule has 15 heteroatoms. The Morgan fingerprint density at radius 2 is 1.97 bits per heavy atom. The number of hydrogen-bond acceptors (Lipinski definition) is 9. The zero-order chi connectivity index (χ0) is 24.6. The molecule has 1 aliphatic rings. The van der Waals surface area contributed by atoms with E-state index in [-0.39, 0.29) is 10.9 Å². The largest absolute Gasteiger partial charge is 0.387 e. The molecular weight excluding hydrogens is 512 g/mol. The van der Waals surface area contributed by atoms with Crippen molar-refractivity contribution in [1.82, 2.24) is 19.7 Å². The second-order valence-corrected chi connectivity index (χ2v) is 10.1. The molecule has 1 fully saturated rings. The van der Waals surface area contributed by atoms with Gasteiger partial charge in [-0.15, -0.1) is 0 Å². The Kier molecular flexibility index (Phi) is 7.44. The molecule has 0 aliphatic carbocycles. The maximum atomic E-state index is 11.1. The fourth-order valence-electron chi connectivity index (χ4n) is 3.63. The number of nitrogens with one attached hydrogen (secondary N) is 1. The lowest BCUT2D eigenvalue weighted by Gasteiger charge is -2.22. The van der Waals surface area contributed by atoms with Gasteiger partial charge in [0.1, 0.15) is 30.5 Å². The van der Waals surface area contributed by atoms with E-state index in [9.17, 15) is 14.8 Å². The van der Waals surface area contributed by atoms with Crippen molar-refractivity contribution < 1.29 is 34.0 Å². The number of nitrogens with zero attached hydrogens (tertiary/aromatic N) is 4. The predicted molar refractivity (Wildman–Crippen MR) is 122 cm³/mol. The minimum absolute atomic E-state index is 0.0844. The Morgan fingerprint density at radius 1 is 1.24 bits per heavy atom. The molecule has 184 valence electrons. The van der Waals surface area contributed by atoms with Gasteiger partial charge in [0.2, 0.25) is 5.28 Å². The number of fused-ring (bicyclic) bond motifs is 1. The fourth-order valence-corrected chi connectivity index (χ4v) is 4.42. The minimum Gasteiger partial charge on any atom is -0.387 e. The number of ether oxygens (including phenoxy) is 2. The molecule has 0 radical (unpaired) electrons. The lowest BCUT2D eigenvalue weighted by molar-refractivity contribution is -0.0972. The Hall–Kier alpha value is -1.86. The van der Waals surface area contributed by atoms with Crippen molar-refractivity contribution in [2.45, 2.75) is 44.1 Å². The van der Waals surface area contributed by atoms with Gasteiger partial charge in [-0.3, -0.25) is 4.57 Å². The van der Waals surface area contributed by atoms with E-state index in [2.05, 4.69) is 20.4 Å². The maximum absolute atomic E-state index is 11.1. The van der Waals surface area contributed by atoms with Crippen molar-refractivity contribution in [3.63, 3.8) is 0 Å². The third-order valence-corrected chi connectivity index (χ3v) is 6.34.